The molecular weight excluding hydrogens is 268 g/mol. The van der Waals surface area contributed by atoms with E-state index in [4.69, 9.17) is 4.98 Å². The summed E-state index contributed by atoms with van der Waals surface area (Å²) in [6.45, 7) is 10.9. The quantitative estimate of drug-likeness (QED) is 0.903. The van der Waals surface area contributed by atoms with Gasteiger partial charge in [0, 0.05) is 42.6 Å². The Morgan fingerprint density at radius 2 is 2.15 bits per heavy atom. The Bertz CT molecular complexity index is 438. The van der Waals surface area contributed by atoms with E-state index in [0.29, 0.717) is 11.3 Å². The molecule has 1 aromatic rings. The van der Waals surface area contributed by atoms with Crippen molar-refractivity contribution in [1.29, 1.82) is 0 Å². The summed E-state index contributed by atoms with van der Waals surface area (Å²) >= 11 is 2.05. The lowest BCUT2D eigenvalue weighted by Gasteiger charge is -2.38. The Kier molecular flexibility index (Phi) is 5.52. The number of aromatic nitrogens is 2. The molecule has 0 spiro atoms. The Balaban J connectivity index is 2.24. The average molecular weight is 294 g/mol. The molecule has 0 aromatic carbocycles. The molecule has 1 N–H and O–H groups in total. The van der Waals surface area contributed by atoms with Crippen molar-refractivity contribution in [2.45, 2.75) is 51.8 Å². The minimum atomic E-state index is 0.521. The highest BCUT2D eigenvalue weighted by atomic mass is 32.2. The average Bonchev–Trinajstić information content (AvgIpc) is 2.47. The smallest absolute Gasteiger partial charge is 0.134 e. The van der Waals surface area contributed by atoms with E-state index in [9.17, 15) is 0 Å². The molecule has 1 aliphatic rings. The molecule has 20 heavy (non-hydrogen) atoms. The third-order valence-corrected chi connectivity index (χ3v) is 5.15. The maximum Gasteiger partial charge on any atom is 0.134 e. The van der Waals surface area contributed by atoms with Gasteiger partial charge in [-0.3, -0.25) is 0 Å². The molecule has 4 nitrogen and oxygen atoms in total. The van der Waals surface area contributed by atoms with E-state index >= 15 is 0 Å². The van der Waals surface area contributed by atoms with Gasteiger partial charge >= 0.3 is 0 Å². The fraction of sp³-hybridized carbons (Fsp3) is 0.733. The molecule has 2 unspecified atom stereocenters. The number of thioether (sulfide) groups is 1. The lowest BCUT2D eigenvalue weighted by molar-refractivity contribution is 0.618. The summed E-state index contributed by atoms with van der Waals surface area (Å²) in [5, 5.41) is 4.04. The van der Waals surface area contributed by atoms with E-state index < -0.39 is 0 Å². The zero-order chi connectivity index (χ0) is 14.5. The van der Waals surface area contributed by atoms with Crippen LogP contribution in [0.5, 0.6) is 0 Å². The van der Waals surface area contributed by atoms with E-state index in [1.165, 1.54) is 5.75 Å². The number of hydrogen-bond donors (Lipinski definition) is 1. The maximum absolute atomic E-state index is 4.73. The van der Waals surface area contributed by atoms with Crippen LogP contribution in [0.3, 0.4) is 0 Å². The highest BCUT2D eigenvalue weighted by Crippen LogP contribution is 2.29. The van der Waals surface area contributed by atoms with E-state index in [1.54, 1.807) is 0 Å². The van der Waals surface area contributed by atoms with Gasteiger partial charge in [0.05, 0.1) is 0 Å². The van der Waals surface area contributed by atoms with Crippen molar-refractivity contribution < 1.29 is 0 Å². The molecular formula is C15H26N4S. The van der Waals surface area contributed by atoms with Gasteiger partial charge in [-0.2, -0.15) is 11.8 Å². The number of nitrogens with zero attached hydrogens (tertiary/aromatic N) is 3. The summed E-state index contributed by atoms with van der Waals surface area (Å²) < 4.78 is 0. The first-order chi connectivity index (χ1) is 9.65. The zero-order valence-corrected chi connectivity index (χ0v) is 13.8. The standard InChI is InChI=1S/C15H26N4S/c1-5-7-16-14-10-15(18-13(6-2)17-14)19-8-9-20-12(4)11(19)3/h10-12H,5-9H2,1-4H3,(H,16,17,18). The van der Waals surface area contributed by atoms with Crippen LogP contribution in [0.15, 0.2) is 6.07 Å². The van der Waals surface area contributed by atoms with Crippen molar-refractivity contribution in [3.05, 3.63) is 11.9 Å². The van der Waals surface area contributed by atoms with Gasteiger partial charge < -0.3 is 10.2 Å². The Labute approximate surface area is 126 Å². The summed E-state index contributed by atoms with van der Waals surface area (Å²) in [6, 6.07) is 2.63. The van der Waals surface area contributed by atoms with Gasteiger partial charge in [-0.1, -0.05) is 20.8 Å². The molecule has 2 rings (SSSR count). The van der Waals surface area contributed by atoms with Crippen LogP contribution in [-0.4, -0.2) is 40.1 Å². The molecule has 1 aliphatic heterocycles. The molecule has 1 saturated heterocycles. The summed E-state index contributed by atoms with van der Waals surface area (Å²) in [7, 11) is 0. The fourth-order valence-electron chi connectivity index (χ4n) is 2.39. The molecule has 1 fully saturated rings. The predicted octanol–water partition coefficient (Wildman–Crippen LogP) is 3.19. The molecule has 0 bridgehead atoms. The number of hydrogen-bond acceptors (Lipinski definition) is 5. The maximum atomic E-state index is 4.73. The van der Waals surface area contributed by atoms with E-state index in [0.717, 1.165) is 43.4 Å². The third kappa shape index (κ3) is 3.57. The third-order valence-electron chi connectivity index (χ3n) is 3.81. The van der Waals surface area contributed by atoms with Crippen LogP contribution in [0.2, 0.25) is 0 Å². The Hall–Kier alpha value is -0.970. The molecule has 5 heteroatoms. The first kappa shape index (κ1) is 15.4. The molecule has 0 aliphatic carbocycles. The van der Waals surface area contributed by atoms with Crippen LogP contribution in [0.1, 0.15) is 39.9 Å². The van der Waals surface area contributed by atoms with Crippen molar-refractivity contribution >= 4 is 23.4 Å². The van der Waals surface area contributed by atoms with E-state index in [2.05, 4.69) is 60.7 Å². The van der Waals surface area contributed by atoms with Gasteiger partial charge in [-0.15, -0.1) is 0 Å². The SMILES string of the molecule is CCCNc1cc(N2CCSC(C)C2C)nc(CC)n1. The number of rotatable bonds is 5. The van der Waals surface area contributed by atoms with Gasteiger partial charge in [0.2, 0.25) is 0 Å². The van der Waals surface area contributed by atoms with Crippen molar-refractivity contribution in [2.24, 2.45) is 0 Å². The van der Waals surface area contributed by atoms with Crippen LogP contribution < -0.4 is 10.2 Å². The largest absolute Gasteiger partial charge is 0.370 e. The van der Waals surface area contributed by atoms with Crippen LogP contribution >= 0.6 is 11.8 Å². The van der Waals surface area contributed by atoms with Crippen molar-refractivity contribution in [3.63, 3.8) is 0 Å². The normalized spacial score (nSPS) is 22.9. The van der Waals surface area contributed by atoms with Gasteiger partial charge in [-0.05, 0) is 13.3 Å². The van der Waals surface area contributed by atoms with E-state index in [1.807, 2.05) is 0 Å². The first-order valence-electron chi connectivity index (χ1n) is 7.65. The molecule has 2 heterocycles. The minimum Gasteiger partial charge on any atom is -0.370 e. The second-order valence-electron chi connectivity index (χ2n) is 5.32. The second kappa shape index (κ2) is 7.16. The number of aryl methyl sites for hydroxylation is 1. The second-order valence-corrected chi connectivity index (χ2v) is 6.80. The summed E-state index contributed by atoms with van der Waals surface area (Å²) in [6.07, 6.45) is 1.98. The van der Waals surface area contributed by atoms with Gasteiger partial charge in [0.25, 0.3) is 0 Å². The number of nitrogens with one attached hydrogen (secondary N) is 1. The Morgan fingerprint density at radius 1 is 1.35 bits per heavy atom. The summed E-state index contributed by atoms with van der Waals surface area (Å²) in [4.78, 5) is 11.7. The molecule has 1 aromatic heterocycles. The predicted molar refractivity (Wildman–Crippen MR) is 88.9 cm³/mol. The molecule has 112 valence electrons. The topological polar surface area (TPSA) is 41.0 Å². The van der Waals surface area contributed by atoms with Crippen LogP contribution in [0.4, 0.5) is 11.6 Å². The van der Waals surface area contributed by atoms with Crippen molar-refractivity contribution in [1.82, 2.24) is 9.97 Å². The highest BCUT2D eigenvalue weighted by Gasteiger charge is 2.26. The molecule has 0 radical (unpaired) electrons. The lowest BCUT2D eigenvalue weighted by atomic mass is 10.2. The highest BCUT2D eigenvalue weighted by molar-refractivity contribution is 8.00. The van der Waals surface area contributed by atoms with Gasteiger partial charge in [0.1, 0.15) is 17.5 Å². The monoisotopic (exact) mass is 294 g/mol. The number of anilines is 2. The van der Waals surface area contributed by atoms with Gasteiger partial charge in [-0.25, -0.2) is 9.97 Å². The fourth-order valence-corrected chi connectivity index (χ4v) is 3.49. The van der Waals surface area contributed by atoms with E-state index in [-0.39, 0.29) is 0 Å². The minimum absolute atomic E-state index is 0.521. The molecule has 2 atom stereocenters. The molecule has 0 amide bonds. The summed E-state index contributed by atoms with van der Waals surface area (Å²) in [5.41, 5.74) is 0. The van der Waals surface area contributed by atoms with Crippen LogP contribution in [0.25, 0.3) is 0 Å². The van der Waals surface area contributed by atoms with Crippen molar-refractivity contribution in [3.8, 4) is 0 Å². The van der Waals surface area contributed by atoms with Crippen molar-refractivity contribution in [2.75, 3.05) is 29.1 Å². The summed E-state index contributed by atoms with van der Waals surface area (Å²) in [5.74, 6) is 4.15. The first-order valence-corrected chi connectivity index (χ1v) is 8.70. The Morgan fingerprint density at radius 3 is 2.85 bits per heavy atom. The molecule has 0 saturated carbocycles. The van der Waals surface area contributed by atoms with Crippen LogP contribution in [0, 0.1) is 0 Å². The lowest BCUT2D eigenvalue weighted by Crippen LogP contribution is -2.45. The zero-order valence-electron chi connectivity index (χ0n) is 13.0. The van der Waals surface area contributed by atoms with Crippen LogP contribution in [-0.2, 0) is 6.42 Å². The van der Waals surface area contributed by atoms with Gasteiger partial charge in [0.15, 0.2) is 0 Å².